The van der Waals surface area contributed by atoms with Gasteiger partial charge in [-0.05, 0) is 81.8 Å². The van der Waals surface area contributed by atoms with E-state index in [1.54, 1.807) is 12.1 Å². The molecule has 0 aromatic heterocycles. The Morgan fingerprint density at radius 2 is 1.57 bits per heavy atom. The van der Waals surface area contributed by atoms with Crippen LogP contribution in [0, 0.1) is 11.2 Å². The molecule has 6 heteroatoms. The molecule has 1 aliphatic carbocycles. The number of hydrogen-bond acceptors (Lipinski definition) is 1. The van der Waals surface area contributed by atoms with Crippen LogP contribution in [0.15, 0.2) is 54.6 Å². The third kappa shape index (κ3) is 4.99. The van der Waals surface area contributed by atoms with Gasteiger partial charge in [-0.25, -0.2) is 8.78 Å². The van der Waals surface area contributed by atoms with E-state index in [-0.39, 0.29) is 16.9 Å². The quantitative estimate of drug-likeness (QED) is 0.364. The van der Waals surface area contributed by atoms with E-state index in [1.165, 1.54) is 12.1 Å². The second kappa shape index (κ2) is 9.05. The van der Waals surface area contributed by atoms with Crippen molar-refractivity contribution < 1.29 is 27.1 Å². The van der Waals surface area contributed by atoms with Crippen molar-refractivity contribution in [1.29, 1.82) is 0 Å². The predicted octanol–water partition coefficient (Wildman–Crippen LogP) is 8.70. The van der Waals surface area contributed by atoms with Crippen molar-refractivity contribution in [1.82, 2.24) is 0 Å². The highest BCUT2D eigenvalue weighted by Crippen LogP contribution is 2.50. The SMILES string of the molecule is CC(C)c1cc2c(c(-c3ccc(F)cc3)c1[C@H](F)c1ccc(C(F)(F)F)cc1)[C@@H](O)CC(C)(C)C2. The highest BCUT2D eigenvalue weighted by atomic mass is 19.4. The van der Waals surface area contributed by atoms with Crippen LogP contribution in [0.2, 0.25) is 0 Å². The van der Waals surface area contributed by atoms with Crippen LogP contribution in [0.4, 0.5) is 22.0 Å². The lowest BCUT2D eigenvalue weighted by Crippen LogP contribution is -2.27. The lowest BCUT2D eigenvalue weighted by atomic mass is 9.68. The molecule has 0 aliphatic heterocycles. The van der Waals surface area contributed by atoms with Gasteiger partial charge >= 0.3 is 6.18 Å². The zero-order chi connectivity index (χ0) is 25.7. The van der Waals surface area contributed by atoms with E-state index in [0.29, 0.717) is 35.1 Å². The molecule has 0 radical (unpaired) electrons. The molecule has 3 aromatic carbocycles. The molecular weight excluding hydrogens is 459 g/mol. The summed E-state index contributed by atoms with van der Waals surface area (Å²) in [4.78, 5) is 0. The molecule has 0 saturated heterocycles. The van der Waals surface area contributed by atoms with Gasteiger partial charge in [0.2, 0.25) is 0 Å². The van der Waals surface area contributed by atoms with Crippen molar-refractivity contribution in [2.75, 3.05) is 0 Å². The Labute approximate surface area is 202 Å². The number of rotatable bonds is 4. The number of alkyl halides is 4. The summed E-state index contributed by atoms with van der Waals surface area (Å²) < 4.78 is 69.3. The summed E-state index contributed by atoms with van der Waals surface area (Å²) in [6, 6.07) is 11.7. The average molecular weight is 489 g/mol. The van der Waals surface area contributed by atoms with Crippen LogP contribution in [-0.4, -0.2) is 5.11 Å². The minimum absolute atomic E-state index is 0.0915. The summed E-state index contributed by atoms with van der Waals surface area (Å²) in [6.45, 7) is 8.01. The summed E-state index contributed by atoms with van der Waals surface area (Å²) in [5.41, 5.74) is 2.71. The van der Waals surface area contributed by atoms with E-state index in [1.807, 2.05) is 19.9 Å². The van der Waals surface area contributed by atoms with E-state index < -0.39 is 29.8 Å². The summed E-state index contributed by atoms with van der Waals surface area (Å²) >= 11 is 0. The van der Waals surface area contributed by atoms with Gasteiger partial charge < -0.3 is 5.11 Å². The fraction of sp³-hybridized carbons (Fsp3) is 0.379. The Bertz CT molecular complexity index is 1210. The van der Waals surface area contributed by atoms with Crippen LogP contribution >= 0.6 is 0 Å². The molecule has 0 spiro atoms. The second-order valence-electron chi connectivity index (χ2n) is 10.5. The summed E-state index contributed by atoms with van der Waals surface area (Å²) in [5, 5.41) is 11.2. The fourth-order valence-corrected chi connectivity index (χ4v) is 5.22. The van der Waals surface area contributed by atoms with Gasteiger partial charge in [-0.15, -0.1) is 0 Å². The molecule has 2 atom stereocenters. The van der Waals surface area contributed by atoms with E-state index in [4.69, 9.17) is 0 Å². The molecule has 0 saturated carbocycles. The minimum Gasteiger partial charge on any atom is -0.388 e. The maximum absolute atomic E-state index is 16.4. The highest BCUT2D eigenvalue weighted by Gasteiger charge is 2.37. The Kier molecular flexibility index (Phi) is 6.56. The van der Waals surface area contributed by atoms with Gasteiger partial charge in [0.1, 0.15) is 5.82 Å². The molecule has 35 heavy (non-hydrogen) atoms. The van der Waals surface area contributed by atoms with E-state index in [2.05, 4.69) is 13.8 Å². The molecule has 0 amide bonds. The Morgan fingerprint density at radius 1 is 0.971 bits per heavy atom. The third-order valence-corrected chi connectivity index (χ3v) is 6.81. The van der Waals surface area contributed by atoms with Crippen LogP contribution in [0.3, 0.4) is 0 Å². The van der Waals surface area contributed by atoms with Crippen molar-refractivity contribution in [3.63, 3.8) is 0 Å². The first-order valence-corrected chi connectivity index (χ1v) is 11.7. The lowest BCUT2D eigenvalue weighted by Gasteiger charge is -2.38. The standard InChI is InChI=1S/C29H29F5O/c1-16(2)22-13-19-14-28(3,4)15-23(35)24(19)25(17-7-11-21(30)12-8-17)26(22)27(31)18-5-9-20(10-6-18)29(32,33)34/h5-13,16,23,27,35H,14-15H2,1-4H3/t23-,27+/m0/s1. The molecule has 1 nitrogen and oxygen atoms in total. The van der Waals surface area contributed by atoms with Gasteiger partial charge in [0, 0.05) is 5.56 Å². The Morgan fingerprint density at radius 3 is 2.11 bits per heavy atom. The summed E-state index contributed by atoms with van der Waals surface area (Å²) in [5.74, 6) is -0.533. The van der Waals surface area contributed by atoms with Crippen molar-refractivity contribution >= 4 is 0 Å². The number of benzene rings is 3. The topological polar surface area (TPSA) is 20.2 Å². The molecule has 0 unspecified atom stereocenters. The van der Waals surface area contributed by atoms with Crippen LogP contribution in [-0.2, 0) is 12.6 Å². The average Bonchev–Trinajstić information content (AvgIpc) is 2.76. The van der Waals surface area contributed by atoms with Crippen LogP contribution < -0.4 is 0 Å². The normalized spacial score (nSPS) is 18.4. The number of hydrogen-bond donors (Lipinski definition) is 1. The molecule has 0 fully saturated rings. The molecule has 0 bridgehead atoms. The van der Waals surface area contributed by atoms with E-state index >= 15 is 4.39 Å². The zero-order valence-corrected chi connectivity index (χ0v) is 20.2. The van der Waals surface area contributed by atoms with Crippen LogP contribution in [0.1, 0.15) is 85.7 Å². The highest BCUT2D eigenvalue weighted by molar-refractivity contribution is 5.76. The van der Waals surface area contributed by atoms with Gasteiger partial charge in [0.15, 0.2) is 6.17 Å². The number of aliphatic hydroxyl groups excluding tert-OH is 1. The van der Waals surface area contributed by atoms with Crippen molar-refractivity contribution in [3.8, 4) is 11.1 Å². The van der Waals surface area contributed by atoms with Crippen molar-refractivity contribution in [3.05, 3.63) is 93.8 Å². The molecule has 4 rings (SSSR count). The van der Waals surface area contributed by atoms with Gasteiger partial charge in [0.05, 0.1) is 11.7 Å². The maximum Gasteiger partial charge on any atom is 0.416 e. The number of aliphatic hydroxyl groups is 1. The minimum atomic E-state index is -4.52. The van der Waals surface area contributed by atoms with E-state index in [9.17, 15) is 22.7 Å². The predicted molar refractivity (Wildman–Crippen MR) is 127 cm³/mol. The molecule has 3 aromatic rings. The lowest BCUT2D eigenvalue weighted by molar-refractivity contribution is -0.137. The smallest absolute Gasteiger partial charge is 0.388 e. The Balaban J connectivity index is 2.00. The monoisotopic (exact) mass is 488 g/mol. The first-order chi connectivity index (χ1) is 16.3. The first-order valence-electron chi connectivity index (χ1n) is 11.7. The summed E-state index contributed by atoms with van der Waals surface area (Å²) in [6.07, 6.45) is -5.94. The van der Waals surface area contributed by atoms with Gasteiger partial charge in [-0.1, -0.05) is 58.0 Å². The van der Waals surface area contributed by atoms with E-state index in [0.717, 1.165) is 35.4 Å². The maximum atomic E-state index is 16.4. The number of halogens is 5. The van der Waals surface area contributed by atoms with Gasteiger partial charge in [0.25, 0.3) is 0 Å². The van der Waals surface area contributed by atoms with Crippen LogP contribution in [0.5, 0.6) is 0 Å². The third-order valence-electron chi connectivity index (χ3n) is 6.81. The molecular formula is C29H29F5O. The fourth-order valence-electron chi connectivity index (χ4n) is 5.22. The van der Waals surface area contributed by atoms with Crippen molar-refractivity contribution in [2.45, 2.75) is 64.9 Å². The summed E-state index contributed by atoms with van der Waals surface area (Å²) in [7, 11) is 0. The molecule has 1 N–H and O–H groups in total. The molecule has 1 aliphatic rings. The second-order valence-corrected chi connectivity index (χ2v) is 10.5. The van der Waals surface area contributed by atoms with Gasteiger partial charge in [-0.2, -0.15) is 13.2 Å². The largest absolute Gasteiger partial charge is 0.416 e. The van der Waals surface area contributed by atoms with Crippen molar-refractivity contribution in [2.24, 2.45) is 5.41 Å². The number of fused-ring (bicyclic) bond motifs is 1. The Hall–Kier alpha value is -2.73. The molecule has 186 valence electrons. The molecule has 0 heterocycles. The van der Waals surface area contributed by atoms with Gasteiger partial charge in [-0.3, -0.25) is 0 Å². The zero-order valence-electron chi connectivity index (χ0n) is 20.2. The van der Waals surface area contributed by atoms with Crippen LogP contribution in [0.25, 0.3) is 11.1 Å². The first kappa shape index (κ1) is 25.4.